The van der Waals surface area contributed by atoms with Gasteiger partial charge in [-0.05, 0) is 12.5 Å². The van der Waals surface area contributed by atoms with Crippen LogP contribution in [0.5, 0.6) is 0 Å². The second-order valence-electron chi connectivity index (χ2n) is 5.53. The number of rotatable bonds is 6. The molecule has 0 aromatic heterocycles. The van der Waals surface area contributed by atoms with Crippen molar-refractivity contribution in [3.8, 4) is 0 Å². The van der Waals surface area contributed by atoms with E-state index in [0.717, 1.165) is 58.4 Å². The molecule has 1 heterocycles. The second kappa shape index (κ2) is 11.6. The second-order valence-corrected chi connectivity index (χ2v) is 5.53. The summed E-state index contributed by atoms with van der Waals surface area (Å²) >= 11 is 0. The number of ether oxygens (including phenoxy) is 1. The number of morpholine rings is 1. The third kappa shape index (κ3) is 7.50. The first-order valence-electron chi connectivity index (χ1n) is 8.13. The van der Waals surface area contributed by atoms with Crippen molar-refractivity contribution in [3.63, 3.8) is 0 Å². The molecule has 1 aliphatic heterocycles. The van der Waals surface area contributed by atoms with Crippen LogP contribution in [0.1, 0.15) is 12.5 Å². The van der Waals surface area contributed by atoms with Crippen LogP contribution in [0.2, 0.25) is 0 Å². The summed E-state index contributed by atoms with van der Waals surface area (Å²) in [7, 11) is 2.09. The minimum atomic E-state index is 0. The maximum atomic E-state index is 5.37. The fraction of sp³-hybridized carbons (Fsp3) is 0.588. The molecule has 1 N–H and O–H groups in total. The third-order valence-corrected chi connectivity index (χ3v) is 3.74. The molecule has 2 rings (SSSR count). The number of nitrogens with one attached hydrogen (secondary N) is 1. The van der Waals surface area contributed by atoms with Crippen LogP contribution in [0.15, 0.2) is 35.3 Å². The van der Waals surface area contributed by atoms with Gasteiger partial charge in [0.15, 0.2) is 5.96 Å². The van der Waals surface area contributed by atoms with Crippen molar-refractivity contribution in [1.29, 1.82) is 0 Å². The largest absolute Gasteiger partial charge is 0.379 e. The normalized spacial score (nSPS) is 15.8. The Morgan fingerprint density at radius 2 is 1.96 bits per heavy atom. The molecule has 1 fully saturated rings. The van der Waals surface area contributed by atoms with E-state index in [0.29, 0.717) is 0 Å². The van der Waals surface area contributed by atoms with Gasteiger partial charge in [-0.25, -0.2) is 0 Å². The van der Waals surface area contributed by atoms with Gasteiger partial charge in [-0.3, -0.25) is 9.89 Å². The maximum Gasteiger partial charge on any atom is 0.194 e. The van der Waals surface area contributed by atoms with Crippen molar-refractivity contribution in [1.82, 2.24) is 15.1 Å². The standard InChI is InChI=1S/C17H28N4O.HI/c1-3-18-17(19-9-10-21-11-13-22-14-12-21)20(2)15-16-7-5-4-6-8-16;/h4-8H,3,9-15H2,1-2H3,(H,18,19);1H. The van der Waals surface area contributed by atoms with Crippen molar-refractivity contribution < 1.29 is 4.74 Å². The predicted molar refractivity (Wildman–Crippen MR) is 107 cm³/mol. The monoisotopic (exact) mass is 432 g/mol. The minimum Gasteiger partial charge on any atom is -0.379 e. The summed E-state index contributed by atoms with van der Waals surface area (Å²) in [5.74, 6) is 0.972. The number of hydrogen-bond donors (Lipinski definition) is 1. The first kappa shape index (κ1) is 20.2. The molecule has 1 aromatic rings. The quantitative estimate of drug-likeness (QED) is 0.425. The van der Waals surface area contributed by atoms with E-state index >= 15 is 0 Å². The Bertz CT molecular complexity index is 449. The summed E-state index contributed by atoms with van der Waals surface area (Å²) in [4.78, 5) is 9.34. The van der Waals surface area contributed by atoms with Gasteiger partial charge in [0.2, 0.25) is 0 Å². The molecule has 0 aliphatic carbocycles. The van der Waals surface area contributed by atoms with Crippen molar-refractivity contribution in [2.75, 3.05) is 53.0 Å². The highest BCUT2D eigenvalue weighted by molar-refractivity contribution is 14.0. The van der Waals surface area contributed by atoms with Gasteiger partial charge in [-0.15, -0.1) is 24.0 Å². The molecule has 1 aliphatic rings. The van der Waals surface area contributed by atoms with Crippen LogP contribution in [0.25, 0.3) is 0 Å². The lowest BCUT2D eigenvalue weighted by molar-refractivity contribution is 0.0394. The summed E-state index contributed by atoms with van der Waals surface area (Å²) < 4.78 is 5.37. The number of hydrogen-bond acceptors (Lipinski definition) is 3. The van der Waals surface area contributed by atoms with Crippen molar-refractivity contribution in [3.05, 3.63) is 35.9 Å². The van der Waals surface area contributed by atoms with Crippen molar-refractivity contribution >= 4 is 29.9 Å². The van der Waals surface area contributed by atoms with Gasteiger partial charge in [0.1, 0.15) is 0 Å². The average Bonchev–Trinajstić information content (AvgIpc) is 2.56. The summed E-state index contributed by atoms with van der Waals surface area (Å²) in [6.45, 7) is 9.40. The molecule has 0 bridgehead atoms. The van der Waals surface area contributed by atoms with Gasteiger partial charge in [-0.1, -0.05) is 30.3 Å². The number of halogens is 1. The van der Waals surface area contributed by atoms with E-state index in [1.165, 1.54) is 5.56 Å². The highest BCUT2D eigenvalue weighted by Crippen LogP contribution is 2.03. The summed E-state index contributed by atoms with van der Waals surface area (Å²) in [5.41, 5.74) is 1.30. The fourth-order valence-corrected chi connectivity index (χ4v) is 2.52. The first-order valence-corrected chi connectivity index (χ1v) is 8.13. The molecular formula is C17H29IN4O. The molecular weight excluding hydrogens is 403 g/mol. The minimum absolute atomic E-state index is 0. The number of benzene rings is 1. The number of aliphatic imine (C=N–C) groups is 1. The van der Waals surface area contributed by atoms with Crippen LogP contribution in [0.3, 0.4) is 0 Å². The Kier molecular flexibility index (Phi) is 10.2. The lowest BCUT2D eigenvalue weighted by Gasteiger charge is -2.26. The fourth-order valence-electron chi connectivity index (χ4n) is 2.52. The SMILES string of the molecule is CCNC(=NCCN1CCOCC1)N(C)Cc1ccccc1.I. The van der Waals surface area contributed by atoms with E-state index in [9.17, 15) is 0 Å². The van der Waals surface area contributed by atoms with E-state index in [2.05, 4.69) is 53.4 Å². The lowest BCUT2D eigenvalue weighted by Crippen LogP contribution is -2.40. The van der Waals surface area contributed by atoms with Gasteiger partial charge in [0.25, 0.3) is 0 Å². The molecule has 0 radical (unpaired) electrons. The van der Waals surface area contributed by atoms with Crippen LogP contribution in [-0.2, 0) is 11.3 Å². The summed E-state index contributed by atoms with van der Waals surface area (Å²) in [5, 5.41) is 3.37. The third-order valence-electron chi connectivity index (χ3n) is 3.74. The molecule has 1 aromatic carbocycles. The Morgan fingerprint density at radius 3 is 2.61 bits per heavy atom. The molecule has 5 nitrogen and oxygen atoms in total. The lowest BCUT2D eigenvalue weighted by atomic mass is 10.2. The van der Waals surface area contributed by atoms with E-state index in [4.69, 9.17) is 9.73 Å². The average molecular weight is 432 g/mol. The Hall–Kier alpha value is -0.860. The molecule has 23 heavy (non-hydrogen) atoms. The number of guanidine groups is 1. The van der Waals surface area contributed by atoms with Gasteiger partial charge in [0, 0.05) is 39.8 Å². The van der Waals surface area contributed by atoms with Crippen molar-refractivity contribution in [2.45, 2.75) is 13.5 Å². The van der Waals surface area contributed by atoms with E-state index in [1.807, 2.05) is 6.07 Å². The summed E-state index contributed by atoms with van der Waals surface area (Å²) in [6.07, 6.45) is 0. The molecule has 0 saturated carbocycles. The van der Waals surface area contributed by atoms with Gasteiger partial charge in [0.05, 0.1) is 19.8 Å². The van der Waals surface area contributed by atoms with E-state index < -0.39 is 0 Å². The molecule has 0 spiro atoms. The predicted octanol–water partition coefficient (Wildman–Crippen LogP) is 2.03. The highest BCUT2D eigenvalue weighted by Gasteiger charge is 2.10. The zero-order valence-electron chi connectivity index (χ0n) is 14.2. The smallest absolute Gasteiger partial charge is 0.194 e. The van der Waals surface area contributed by atoms with Crippen molar-refractivity contribution in [2.24, 2.45) is 4.99 Å². The topological polar surface area (TPSA) is 40.1 Å². The highest BCUT2D eigenvalue weighted by atomic mass is 127. The van der Waals surface area contributed by atoms with Gasteiger partial charge in [-0.2, -0.15) is 0 Å². The van der Waals surface area contributed by atoms with E-state index in [-0.39, 0.29) is 24.0 Å². The Balaban J connectivity index is 0.00000264. The Labute approximate surface area is 157 Å². The Morgan fingerprint density at radius 1 is 1.26 bits per heavy atom. The van der Waals surface area contributed by atoms with Crippen LogP contribution < -0.4 is 5.32 Å². The zero-order chi connectivity index (χ0) is 15.6. The zero-order valence-corrected chi connectivity index (χ0v) is 16.5. The molecule has 6 heteroatoms. The molecule has 1 saturated heterocycles. The maximum absolute atomic E-state index is 5.37. The van der Waals surface area contributed by atoms with E-state index in [1.54, 1.807) is 0 Å². The van der Waals surface area contributed by atoms with Crippen LogP contribution in [-0.4, -0.2) is 68.7 Å². The molecule has 130 valence electrons. The molecule has 0 amide bonds. The van der Waals surface area contributed by atoms with Gasteiger partial charge < -0.3 is 15.0 Å². The first-order chi connectivity index (χ1) is 10.8. The van der Waals surface area contributed by atoms with Crippen LogP contribution in [0.4, 0.5) is 0 Å². The molecule has 0 unspecified atom stereocenters. The van der Waals surface area contributed by atoms with Gasteiger partial charge >= 0.3 is 0 Å². The molecule has 0 atom stereocenters. The summed E-state index contributed by atoms with van der Waals surface area (Å²) in [6, 6.07) is 10.5. The van der Waals surface area contributed by atoms with Crippen LogP contribution >= 0.6 is 24.0 Å². The number of nitrogens with zero attached hydrogens (tertiary/aromatic N) is 3. The van der Waals surface area contributed by atoms with Crippen LogP contribution in [0, 0.1) is 0 Å².